The largest absolute Gasteiger partial charge is 0.457 e. The molecule has 0 fully saturated rings. The summed E-state index contributed by atoms with van der Waals surface area (Å²) in [6.07, 6.45) is 0. The molecule has 1 atom stereocenters. The minimum Gasteiger partial charge on any atom is -0.457 e. The normalized spacial score (nSPS) is 14.2. The minimum absolute atomic E-state index is 0.613. The predicted octanol–water partition coefficient (Wildman–Crippen LogP) is 25.5. The predicted molar refractivity (Wildman–Crippen MR) is 436 cm³/mol. The summed E-state index contributed by atoms with van der Waals surface area (Å²) in [5.41, 5.74) is 28.5. The minimum atomic E-state index is -0.769. The van der Waals surface area contributed by atoms with Gasteiger partial charge in [-0.25, -0.2) is 19.9 Å². The van der Waals surface area contributed by atoms with E-state index >= 15 is 0 Å². The van der Waals surface area contributed by atoms with Crippen LogP contribution in [0.1, 0.15) is 44.5 Å². The molecule has 0 bridgehead atoms. The highest BCUT2D eigenvalue weighted by Crippen LogP contribution is 2.65. The van der Waals surface area contributed by atoms with Crippen LogP contribution in [0.15, 0.2) is 376 Å². The number of para-hydroxylation sites is 2. The van der Waals surface area contributed by atoms with Gasteiger partial charge in [-0.15, -0.1) is 0 Å². The van der Waals surface area contributed by atoms with Crippen LogP contribution in [-0.4, -0.2) is 19.9 Å². The molecule has 6 heteroatoms. The molecule has 0 radical (unpaired) electrons. The molecule has 22 rings (SSSR count). The number of benzene rings is 16. The molecule has 108 heavy (non-hydrogen) atoms. The third kappa shape index (κ3) is 9.27. The third-order valence-corrected chi connectivity index (χ3v) is 22.9. The van der Waals surface area contributed by atoms with Crippen molar-refractivity contribution in [1.82, 2.24) is 19.9 Å². The fraction of sp³-hybridized carbons (Fsp3) is 0.0196. The van der Waals surface area contributed by atoms with Gasteiger partial charge in [0.1, 0.15) is 23.0 Å². The lowest BCUT2D eigenvalue weighted by molar-refractivity contribution is 0.436. The smallest absolute Gasteiger partial charge is 0.160 e. The summed E-state index contributed by atoms with van der Waals surface area (Å²) in [7, 11) is 0. The summed E-state index contributed by atoms with van der Waals surface area (Å²) in [6.45, 7) is 0. The molecule has 4 heterocycles. The van der Waals surface area contributed by atoms with Gasteiger partial charge in [0, 0.05) is 55.6 Å². The number of hydrogen-bond donors (Lipinski definition) is 0. The van der Waals surface area contributed by atoms with Crippen molar-refractivity contribution < 1.29 is 9.47 Å². The Labute approximate surface area is 624 Å². The second-order valence-electron chi connectivity index (χ2n) is 28.5. The number of ether oxygens (including phenoxy) is 2. The maximum Gasteiger partial charge on any atom is 0.160 e. The fourth-order valence-electron chi connectivity index (χ4n) is 18.2. The first-order valence-corrected chi connectivity index (χ1v) is 36.9. The monoisotopic (exact) mass is 1370 g/mol. The molecule has 16 aromatic carbocycles. The van der Waals surface area contributed by atoms with E-state index in [1.54, 1.807) is 0 Å². The van der Waals surface area contributed by atoms with Gasteiger partial charge in [-0.2, -0.15) is 0 Å². The van der Waals surface area contributed by atoms with E-state index in [1.807, 2.05) is 24.3 Å². The molecule has 18 aromatic rings. The van der Waals surface area contributed by atoms with Crippen LogP contribution < -0.4 is 9.47 Å². The average Bonchev–Trinajstić information content (AvgIpc) is 1.49. The van der Waals surface area contributed by atoms with Gasteiger partial charge in [0.05, 0.1) is 33.6 Å². The van der Waals surface area contributed by atoms with Gasteiger partial charge in [-0.3, -0.25) is 0 Å². The van der Waals surface area contributed by atoms with Crippen molar-refractivity contribution in [3.63, 3.8) is 0 Å². The Hall–Kier alpha value is -14.2. The molecule has 2 spiro atoms. The van der Waals surface area contributed by atoms with Gasteiger partial charge in [-0.1, -0.05) is 315 Å². The molecule has 6 nitrogen and oxygen atoms in total. The molecular formula is C102H62N4O2. The summed E-state index contributed by atoms with van der Waals surface area (Å²) in [5.74, 6) is 4.68. The Bertz CT molecular complexity index is 6730. The Morgan fingerprint density at radius 2 is 0.556 bits per heavy atom. The fourth-order valence-corrected chi connectivity index (χ4v) is 18.2. The molecule has 0 saturated heterocycles. The van der Waals surface area contributed by atoms with Crippen LogP contribution in [0.25, 0.3) is 145 Å². The van der Waals surface area contributed by atoms with E-state index < -0.39 is 10.8 Å². The van der Waals surface area contributed by atoms with Crippen LogP contribution in [-0.2, 0) is 10.8 Å². The summed E-state index contributed by atoms with van der Waals surface area (Å²) < 4.78 is 14.0. The van der Waals surface area contributed by atoms with Gasteiger partial charge in [0.2, 0.25) is 0 Å². The van der Waals surface area contributed by atoms with E-state index in [1.165, 1.54) is 44.5 Å². The Balaban J connectivity index is 0.670. The van der Waals surface area contributed by atoms with Crippen LogP contribution >= 0.6 is 0 Å². The van der Waals surface area contributed by atoms with E-state index in [0.29, 0.717) is 11.6 Å². The van der Waals surface area contributed by atoms with Crippen molar-refractivity contribution in [2.45, 2.75) is 10.8 Å². The van der Waals surface area contributed by atoms with E-state index in [-0.39, 0.29) is 0 Å². The summed E-state index contributed by atoms with van der Waals surface area (Å²) in [5, 5.41) is 4.52. The molecule has 0 saturated carbocycles. The average molecular weight is 1380 g/mol. The van der Waals surface area contributed by atoms with Crippen molar-refractivity contribution >= 4 is 21.5 Å². The highest BCUT2D eigenvalue weighted by atomic mass is 16.5. The molecule has 2 aliphatic heterocycles. The second-order valence-corrected chi connectivity index (χ2v) is 28.5. The molecule has 0 amide bonds. The molecule has 2 aliphatic carbocycles. The lowest BCUT2D eigenvalue weighted by Gasteiger charge is -2.39. The summed E-state index contributed by atoms with van der Waals surface area (Å²) >= 11 is 0. The molecular weight excluding hydrogens is 1310 g/mol. The Morgan fingerprint density at radius 3 is 1.15 bits per heavy atom. The maximum atomic E-state index is 7.10. The van der Waals surface area contributed by atoms with E-state index in [9.17, 15) is 0 Å². The van der Waals surface area contributed by atoms with Crippen LogP contribution in [0.3, 0.4) is 0 Å². The maximum absolute atomic E-state index is 7.10. The molecule has 2 aromatic heterocycles. The van der Waals surface area contributed by atoms with Gasteiger partial charge in [-0.05, 0) is 160 Å². The number of fused-ring (bicyclic) bond motifs is 20. The highest BCUT2D eigenvalue weighted by molar-refractivity contribution is 6.02. The molecule has 1 unspecified atom stereocenters. The first-order valence-electron chi connectivity index (χ1n) is 36.9. The molecule has 502 valence electrons. The highest BCUT2D eigenvalue weighted by Gasteiger charge is 2.53. The van der Waals surface area contributed by atoms with Gasteiger partial charge >= 0.3 is 0 Å². The number of aromatic nitrogens is 4. The standard InChI is InChI=1S/C102H62N4O2/c1-3-26-65(27-4-1)99-103-90(61-91(104-99)78-36-11-9-32-73(78)68-53-55-96-88(59-68)101(85-44-19-21-47-94(85)107-96)82-41-16-13-34-76(82)77-35-14-17-42-83(77)101)70-52-50-63-49-51-67(57-71(63)58-70)75-39-24-46-87-98(75)81-38-15-18-43-84(81)102(87)86-45-20-22-48-95(86)108-97-56-54-69(60-89(97)102)74-33-10-12-37-79(74)92-62-93(106-100(105-92)66-28-5-2-6-29-66)80-40-23-30-64-25-7-8-31-72(64)80/h1-62H. The quantitative estimate of drug-likeness (QED) is 0.143. The van der Waals surface area contributed by atoms with Gasteiger partial charge in [0.25, 0.3) is 0 Å². The Kier molecular flexibility index (Phi) is 13.7. The summed E-state index contributed by atoms with van der Waals surface area (Å²) in [6, 6.07) is 135. The SMILES string of the molecule is c1ccc(-c2nc(-c3ccc4ccc(-c5cccc6c5-c5ccccc5C65c6ccccc6Oc6ccc(-c7ccccc7-c7cc(-c8cccc9ccccc89)nc(-c8ccccc8)n7)cc65)cc4c3)cc(-c3ccccc3-c3ccc4c(c3)C3(c5ccccc5O4)c4ccccc4-c4ccccc43)n2)cc1. The van der Waals surface area contributed by atoms with Crippen LogP contribution in [0.5, 0.6) is 23.0 Å². The van der Waals surface area contributed by atoms with Crippen molar-refractivity contribution in [1.29, 1.82) is 0 Å². The topological polar surface area (TPSA) is 70.0 Å². The van der Waals surface area contributed by atoms with E-state index in [4.69, 9.17) is 29.4 Å². The van der Waals surface area contributed by atoms with Crippen LogP contribution in [0.2, 0.25) is 0 Å². The number of nitrogens with zero attached hydrogens (tertiary/aromatic N) is 4. The summed E-state index contributed by atoms with van der Waals surface area (Å²) in [4.78, 5) is 21.7. The third-order valence-electron chi connectivity index (χ3n) is 22.9. The second kappa shape index (κ2) is 24.2. The van der Waals surface area contributed by atoms with Crippen molar-refractivity contribution in [3.8, 4) is 146 Å². The molecule has 4 aliphatic rings. The van der Waals surface area contributed by atoms with Gasteiger partial charge < -0.3 is 9.47 Å². The number of hydrogen-bond acceptors (Lipinski definition) is 6. The van der Waals surface area contributed by atoms with E-state index in [2.05, 4.69) is 352 Å². The van der Waals surface area contributed by atoms with E-state index in [0.717, 1.165) is 156 Å². The zero-order valence-electron chi connectivity index (χ0n) is 58.4. The zero-order chi connectivity index (χ0) is 71.0. The zero-order valence-corrected chi connectivity index (χ0v) is 58.4. The van der Waals surface area contributed by atoms with Crippen molar-refractivity contribution in [3.05, 3.63) is 421 Å². The van der Waals surface area contributed by atoms with Gasteiger partial charge in [0.15, 0.2) is 11.6 Å². The molecule has 0 N–H and O–H groups in total. The number of rotatable bonds is 9. The van der Waals surface area contributed by atoms with Crippen molar-refractivity contribution in [2.75, 3.05) is 0 Å². The van der Waals surface area contributed by atoms with Crippen LogP contribution in [0.4, 0.5) is 0 Å². The lowest BCUT2D eigenvalue weighted by Crippen LogP contribution is -2.32. The first-order chi connectivity index (χ1) is 53.5. The lowest BCUT2D eigenvalue weighted by atomic mass is 9.65. The van der Waals surface area contributed by atoms with Crippen molar-refractivity contribution in [2.24, 2.45) is 0 Å². The van der Waals surface area contributed by atoms with Crippen LogP contribution in [0, 0.1) is 0 Å². The Morgan fingerprint density at radius 1 is 0.185 bits per heavy atom. The first kappa shape index (κ1) is 61.3.